The third-order valence-electron chi connectivity index (χ3n) is 16.6. The number of benzene rings is 4. The Morgan fingerprint density at radius 1 is 0.566 bits per heavy atom. The van der Waals surface area contributed by atoms with E-state index in [2.05, 4.69) is 72.7 Å². The molecule has 0 saturated carbocycles. The summed E-state index contributed by atoms with van der Waals surface area (Å²) in [6.45, 7) is 25.3. The maximum absolute atomic E-state index is 15.9. The monoisotopic (exact) mass is 1470 g/mol. The molecule has 0 bridgehead atoms. The lowest BCUT2D eigenvalue weighted by Crippen LogP contribution is -2.67. The SMILES string of the molecule is C[C@@H](OC(C)(C)C)[C@H](NC(=O)CNC(=O)[C@H](Cc1nn[nH]n1)NC(=O)C(C)(C)C(=O)NCCc1cncn1C(c1ccccc1)(c1ccccc1)c1ccccc1)C(=O)N[C@@](C)(Cc1ccccc1F)C(=O)N[C@H](C(=O)N[C@@H](COC(C)(C)C)C(=O)N[C@@H](CC(=O)OC(C)(C)C)C(=O)O)[C@@H](C)OC(C)(C)C. The van der Waals surface area contributed by atoms with E-state index in [-0.39, 0.29) is 30.8 Å². The second kappa shape index (κ2) is 36.1. The molecule has 0 aliphatic heterocycles. The fourth-order valence-corrected chi connectivity index (χ4v) is 11.6. The molecule has 2 heterocycles. The number of H-pyrrole nitrogens is 1. The van der Waals surface area contributed by atoms with Crippen LogP contribution >= 0.6 is 0 Å². The van der Waals surface area contributed by atoms with Crippen molar-refractivity contribution < 1.29 is 76.4 Å². The van der Waals surface area contributed by atoms with Crippen molar-refractivity contribution in [1.29, 1.82) is 0 Å². The van der Waals surface area contributed by atoms with Gasteiger partial charge in [-0.3, -0.25) is 43.2 Å². The zero-order chi connectivity index (χ0) is 78.8. The fraction of sp³-hybridized carbons (Fsp3) is 0.500. The number of aliphatic carboxylic acids is 1. The van der Waals surface area contributed by atoms with Crippen LogP contribution < -0.4 is 42.5 Å². The fourth-order valence-electron chi connectivity index (χ4n) is 11.6. The number of carboxylic acid groups (broad SMARTS) is 1. The van der Waals surface area contributed by atoms with E-state index in [1.807, 2.05) is 91.0 Å². The van der Waals surface area contributed by atoms with Crippen LogP contribution in [0.2, 0.25) is 0 Å². The van der Waals surface area contributed by atoms with Gasteiger partial charge >= 0.3 is 11.9 Å². The summed E-state index contributed by atoms with van der Waals surface area (Å²) < 4.78 is 41.6. The second-order valence-corrected chi connectivity index (χ2v) is 30.6. The van der Waals surface area contributed by atoms with Gasteiger partial charge in [-0.25, -0.2) is 14.2 Å². The number of hydrogen-bond donors (Lipinski definition) is 10. The van der Waals surface area contributed by atoms with Gasteiger partial charge in [0.1, 0.15) is 58.1 Å². The topological polar surface area (TPSA) is 396 Å². The third-order valence-corrected chi connectivity index (χ3v) is 16.6. The average Bonchev–Trinajstić information content (AvgIpc) is 1.30. The molecule has 0 fully saturated rings. The molecule has 0 saturated heterocycles. The zero-order valence-corrected chi connectivity index (χ0v) is 63.4. The third kappa shape index (κ3) is 24.4. The van der Waals surface area contributed by atoms with Gasteiger partial charge in [0.25, 0.3) is 0 Å². The van der Waals surface area contributed by atoms with Crippen molar-refractivity contribution in [2.75, 3.05) is 19.7 Å². The number of nitrogens with zero attached hydrogens (tertiary/aromatic N) is 5. The predicted molar refractivity (Wildman–Crippen MR) is 389 cm³/mol. The molecular formula is C76H103FN14O15. The number of carboxylic acids is 1. The maximum atomic E-state index is 15.9. The molecule has 106 heavy (non-hydrogen) atoms. The van der Waals surface area contributed by atoms with E-state index in [4.69, 9.17) is 18.9 Å². The summed E-state index contributed by atoms with van der Waals surface area (Å²) in [5.41, 5.74) is -5.35. The molecule has 10 N–H and O–H groups in total. The van der Waals surface area contributed by atoms with E-state index in [0.717, 1.165) is 28.5 Å². The van der Waals surface area contributed by atoms with Gasteiger partial charge in [-0.1, -0.05) is 114 Å². The molecule has 0 spiro atoms. The second-order valence-electron chi connectivity index (χ2n) is 30.6. The lowest BCUT2D eigenvalue weighted by Gasteiger charge is -2.38. The molecule has 0 aliphatic rings. The van der Waals surface area contributed by atoms with Crippen LogP contribution in [0.5, 0.6) is 0 Å². The lowest BCUT2D eigenvalue weighted by molar-refractivity contribution is -0.159. The molecule has 4 aromatic carbocycles. The first-order valence-electron chi connectivity index (χ1n) is 34.9. The summed E-state index contributed by atoms with van der Waals surface area (Å²) in [4.78, 5) is 146. The molecule has 8 amide bonds. The van der Waals surface area contributed by atoms with Gasteiger partial charge in [0.2, 0.25) is 47.3 Å². The summed E-state index contributed by atoms with van der Waals surface area (Å²) in [5.74, 6) is -11.2. The number of ether oxygens (including phenoxy) is 4. The van der Waals surface area contributed by atoms with Crippen LogP contribution in [0.4, 0.5) is 4.39 Å². The minimum absolute atomic E-state index is 0.0291. The van der Waals surface area contributed by atoms with Crippen LogP contribution in [0.15, 0.2) is 128 Å². The quantitative estimate of drug-likeness (QED) is 0.0142. The number of imidazole rings is 1. The number of hydrogen-bond acceptors (Lipinski definition) is 18. The summed E-state index contributed by atoms with van der Waals surface area (Å²) in [5, 5.41) is 44.6. The van der Waals surface area contributed by atoms with Crippen LogP contribution in [0, 0.1) is 11.2 Å². The van der Waals surface area contributed by atoms with Crippen molar-refractivity contribution in [3.63, 3.8) is 0 Å². The summed E-state index contributed by atoms with van der Waals surface area (Å²) in [6, 6.07) is 26.8. The summed E-state index contributed by atoms with van der Waals surface area (Å²) in [6.07, 6.45) is -0.514. The Morgan fingerprint density at radius 3 is 1.59 bits per heavy atom. The largest absolute Gasteiger partial charge is 0.480 e. The van der Waals surface area contributed by atoms with Crippen molar-refractivity contribution in [2.45, 2.75) is 219 Å². The van der Waals surface area contributed by atoms with E-state index in [9.17, 15) is 43.5 Å². The van der Waals surface area contributed by atoms with Crippen LogP contribution in [0.25, 0.3) is 0 Å². The van der Waals surface area contributed by atoms with Gasteiger partial charge in [0, 0.05) is 37.7 Å². The number of rotatable bonds is 35. The van der Waals surface area contributed by atoms with Crippen LogP contribution in [0.3, 0.4) is 0 Å². The highest BCUT2D eigenvalue weighted by atomic mass is 19.1. The van der Waals surface area contributed by atoms with E-state index < -0.39 is 172 Å². The van der Waals surface area contributed by atoms with Gasteiger partial charge in [0.15, 0.2) is 5.82 Å². The van der Waals surface area contributed by atoms with Crippen molar-refractivity contribution >= 4 is 59.2 Å². The van der Waals surface area contributed by atoms with Crippen LogP contribution in [-0.2, 0) is 91.7 Å². The molecule has 0 radical (unpaired) electrons. The summed E-state index contributed by atoms with van der Waals surface area (Å²) >= 11 is 0. The van der Waals surface area contributed by atoms with Crippen LogP contribution in [0.1, 0.15) is 158 Å². The first-order valence-corrected chi connectivity index (χ1v) is 34.9. The number of aromatic amines is 1. The molecule has 8 atom stereocenters. The van der Waals surface area contributed by atoms with E-state index in [1.165, 1.54) is 52.8 Å². The number of aromatic nitrogens is 6. The van der Waals surface area contributed by atoms with Gasteiger partial charge in [-0.15, -0.1) is 10.2 Å². The Labute approximate surface area is 617 Å². The van der Waals surface area contributed by atoms with Crippen molar-refractivity contribution in [2.24, 2.45) is 5.41 Å². The lowest BCUT2D eigenvalue weighted by atomic mass is 9.76. The van der Waals surface area contributed by atoms with Crippen molar-refractivity contribution in [3.05, 3.63) is 167 Å². The van der Waals surface area contributed by atoms with Gasteiger partial charge in [0.05, 0.1) is 54.9 Å². The normalized spacial score (nSPS) is 14.7. The van der Waals surface area contributed by atoms with E-state index >= 15 is 14.0 Å². The molecule has 0 aliphatic carbocycles. The smallest absolute Gasteiger partial charge is 0.326 e. The highest BCUT2D eigenvalue weighted by Crippen LogP contribution is 2.42. The number of carbonyl (C=O) groups excluding carboxylic acids is 9. The molecule has 30 heteroatoms. The molecule has 574 valence electrons. The average molecular weight is 1470 g/mol. The number of tetrazole rings is 1. The van der Waals surface area contributed by atoms with E-state index in [1.54, 1.807) is 95.6 Å². The van der Waals surface area contributed by atoms with E-state index in [0.29, 0.717) is 0 Å². The first kappa shape index (κ1) is 84.6. The van der Waals surface area contributed by atoms with Crippen molar-refractivity contribution in [1.82, 2.24) is 72.7 Å². The Balaban J connectivity index is 1.22. The molecule has 29 nitrogen and oxygen atoms in total. The number of esters is 1. The maximum Gasteiger partial charge on any atom is 0.326 e. The molecule has 6 rings (SSSR count). The Bertz CT molecular complexity index is 3890. The van der Waals surface area contributed by atoms with Crippen molar-refractivity contribution in [3.8, 4) is 0 Å². The standard InChI is InChI=1S/C76H103FN14O15/c1-46(104-71(6,7)8)60(64(96)82-56(44-103-70(3,4)5)63(95)81-55(66(98)99)40-59(93)106-73(12,13)14)85-69(102)75(17,41-48-29-27-28-36-53(48)77)86-65(97)61(47(2)105-72(9,10)11)84-58(92)43-80-62(94)54(39-57-87-89-90-88-57)83-68(101)74(15,16)67(100)79-38-37-52-42-78-45-91(52)76(49-30-21-18-22-31-49,50-32-23-19-24-33-50)51-34-25-20-26-35-51/h18-36,42,45-47,54-56,60-61H,37-41,43-44H2,1-17H3,(H,79,100)(H,80,94)(H,81,95)(H,82,96)(H,83,101)(H,84,92)(H,85,102)(H,86,97)(H,98,99)(H,87,88,89,90)/t46-,47-,54+,55+,56+,60+,61+,75+/m1/s1. The first-order chi connectivity index (χ1) is 49.4. The number of halogens is 1. The highest BCUT2D eigenvalue weighted by molar-refractivity contribution is 6.06. The van der Waals surface area contributed by atoms with Gasteiger partial charge < -0.3 is 71.2 Å². The molecular weight excluding hydrogens is 1370 g/mol. The van der Waals surface area contributed by atoms with Crippen LogP contribution in [-0.4, -0.2) is 185 Å². The Kier molecular flexibility index (Phi) is 28.8. The Morgan fingerprint density at radius 2 is 1.09 bits per heavy atom. The predicted octanol–water partition coefficient (Wildman–Crippen LogP) is 5.00. The molecule has 6 aromatic rings. The zero-order valence-electron chi connectivity index (χ0n) is 63.4. The minimum Gasteiger partial charge on any atom is -0.480 e. The van der Waals surface area contributed by atoms with Gasteiger partial charge in [-0.2, -0.15) is 5.21 Å². The Hall–Kier alpha value is -10.3. The minimum atomic E-state index is -2.25. The number of nitrogens with one attached hydrogen (secondary N) is 9. The number of carbonyl (C=O) groups is 10. The molecule has 0 unspecified atom stereocenters. The summed E-state index contributed by atoms with van der Waals surface area (Å²) in [7, 11) is 0. The number of amides is 8. The van der Waals surface area contributed by atoms with Gasteiger partial charge in [-0.05, 0) is 146 Å². The highest BCUT2D eigenvalue weighted by Gasteiger charge is 2.46. The molecule has 2 aromatic heterocycles.